The molecule has 1 aliphatic rings. The molecule has 0 spiro atoms. The summed E-state index contributed by atoms with van der Waals surface area (Å²) in [5, 5.41) is 0.542. The Kier molecular flexibility index (Phi) is 3.84. The van der Waals surface area contributed by atoms with Gasteiger partial charge < -0.3 is 10.6 Å². The van der Waals surface area contributed by atoms with Gasteiger partial charge in [0.15, 0.2) is 0 Å². The van der Waals surface area contributed by atoms with Crippen molar-refractivity contribution in [2.24, 2.45) is 5.73 Å². The SMILES string of the molecule is CCC(C)(N)C(=O)N1CCSC(C)C1. The van der Waals surface area contributed by atoms with Crippen LogP contribution in [-0.2, 0) is 4.79 Å². The minimum Gasteiger partial charge on any atom is -0.339 e. The number of hydrogen-bond donors (Lipinski definition) is 1. The number of carbonyl (C=O) groups excluding carboxylic acids is 1. The molecule has 1 rings (SSSR count). The molecule has 0 radical (unpaired) electrons. The van der Waals surface area contributed by atoms with Crippen molar-refractivity contribution < 1.29 is 4.79 Å². The smallest absolute Gasteiger partial charge is 0.242 e. The minimum absolute atomic E-state index is 0.104. The van der Waals surface area contributed by atoms with Crippen molar-refractivity contribution >= 4 is 17.7 Å². The van der Waals surface area contributed by atoms with Crippen molar-refractivity contribution in [3.8, 4) is 0 Å². The highest BCUT2D eigenvalue weighted by atomic mass is 32.2. The number of amides is 1. The van der Waals surface area contributed by atoms with Gasteiger partial charge in [-0.2, -0.15) is 11.8 Å². The van der Waals surface area contributed by atoms with Crippen LogP contribution in [-0.4, -0.2) is 40.4 Å². The Bertz CT molecular complexity index is 218. The molecule has 1 fully saturated rings. The Morgan fingerprint density at radius 2 is 2.36 bits per heavy atom. The predicted octanol–water partition coefficient (Wildman–Crippen LogP) is 1.08. The molecule has 0 aromatic rings. The Morgan fingerprint density at radius 1 is 1.71 bits per heavy atom. The topological polar surface area (TPSA) is 46.3 Å². The fraction of sp³-hybridized carbons (Fsp3) is 0.900. The Balaban J connectivity index is 2.60. The van der Waals surface area contributed by atoms with Crippen LogP contribution in [0.1, 0.15) is 27.2 Å². The van der Waals surface area contributed by atoms with Crippen LogP contribution in [0, 0.1) is 0 Å². The number of carbonyl (C=O) groups is 1. The summed E-state index contributed by atoms with van der Waals surface area (Å²) in [5.41, 5.74) is 5.26. The van der Waals surface area contributed by atoms with Gasteiger partial charge in [0, 0.05) is 24.1 Å². The first-order chi connectivity index (χ1) is 6.47. The van der Waals surface area contributed by atoms with E-state index in [0.717, 1.165) is 18.8 Å². The molecule has 4 heteroatoms. The van der Waals surface area contributed by atoms with Gasteiger partial charge in [-0.15, -0.1) is 0 Å². The number of hydrogen-bond acceptors (Lipinski definition) is 3. The van der Waals surface area contributed by atoms with Crippen molar-refractivity contribution in [2.45, 2.75) is 38.0 Å². The quantitative estimate of drug-likeness (QED) is 0.751. The number of nitrogens with two attached hydrogens (primary N) is 1. The monoisotopic (exact) mass is 216 g/mol. The summed E-state index contributed by atoms with van der Waals surface area (Å²) >= 11 is 1.92. The molecule has 0 aliphatic carbocycles. The fourth-order valence-corrected chi connectivity index (χ4v) is 2.53. The van der Waals surface area contributed by atoms with Crippen LogP contribution in [0.15, 0.2) is 0 Å². The molecule has 14 heavy (non-hydrogen) atoms. The maximum Gasteiger partial charge on any atom is 0.242 e. The van der Waals surface area contributed by atoms with E-state index in [0.29, 0.717) is 11.7 Å². The first-order valence-electron chi connectivity index (χ1n) is 5.17. The van der Waals surface area contributed by atoms with Crippen LogP contribution in [0.3, 0.4) is 0 Å². The normalized spacial score (nSPS) is 27.1. The lowest BCUT2D eigenvalue weighted by molar-refractivity contribution is -0.136. The molecule has 2 atom stereocenters. The lowest BCUT2D eigenvalue weighted by atomic mass is 9.98. The molecule has 0 aromatic heterocycles. The van der Waals surface area contributed by atoms with Crippen LogP contribution in [0.4, 0.5) is 0 Å². The van der Waals surface area contributed by atoms with Crippen LogP contribution in [0.2, 0.25) is 0 Å². The van der Waals surface area contributed by atoms with E-state index in [2.05, 4.69) is 6.92 Å². The maximum absolute atomic E-state index is 12.0. The number of thioether (sulfide) groups is 1. The first-order valence-corrected chi connectivity index (χ1v) is 6.22. The van der Waals surface area contributed by atoms with Crippen LogP contribution >= 0.6 is 11.8 Å². The molecule has 82 valence electrons. The van der Waals surface area contributed by atoms with Crippen LogP contribution < -0.4 is 5.73 Å². The van der Waals surface area contributed by atoms with E-state index in [1.54, 1.807) is 0 Å². The van der Waals surface area contributed by atoms with Gasteiger partial charge in [0.2, 0.25) is 5.91 Å². The van der Waals surface area contributed by atoms with Crippen molar-refractivity contribution in [3.63, 3.8) is 0 Å². The van der Waals surface area contributed by atoms with E-state index in [-0.39, 0.29) is 5.91 Å². The molecule has 2 N–H and O–H groups in total. The van der Waals surface area contributed by atoms with E-state index < -0.39 is 5.54 Å². The first kappa shape index (κ1) is 11.9. The summed E-state index contributed by atoms with van der Waals surface area (Å²) in [6.45, 7) is 7.63. The van der Waals surface area contributed by atoms with Gasteiger partial charge in [-0.3, -0.25) is 4.79 Å². The number of rotatable bonds is 2. The Hall–Kier alpha value is -0.220. The van der Waals surface area contributed by atoms with E-state index in [9.17, 15) is 4.79 Å². The van der Waals surface area contributed by atoms with E-state index in [4.69, 9.17) is 5.73 Å². The molecule has 1 saturated heterocycles. The van der Waals surface area contributed by atoms with Gasteiger partial charge in [0.25, 0.3) is 0 Å². The third kappa shape index (κ3) is 2.64. The standard InChI is InChI=1S/C10H20N2OS/c1-4-10(3,11)9(13)12-5-6-14-8(2)7-12/h8H,4-7,11H2,1-3H3. The van der Waals surface area contributed by atoms with Gasteiger partial charge in [0.05, 0.1) is 5.54 Å². The highest BCUT2D eigenvalue weighted by Crippen LogP contribution is 2.20. The molecule has 1 amide bonds. The zero-order chi connectivity index (χ0) is 10.8. The maximum atomic E-state index is 12.0. The Labute approximate surface area is 90.4 Å². The fourth-order valence-electron chi connectivity index (χ4n) is 1.52. The second kappa shape index (κ2) is 4.53. The summed E-state index contributed by atoms with van der Waals surface area (Å²) in [6, 6.07) is 0. The van der Waals surface area contributed by atoms with Crippen molar-refractivity contribution in [1.29, 1.82) is 0 Å². The second-order valence-electron chi connectivity index (χ2n) is 4.20. The third-order valence-electron chi connectivity index (χ3n) is 2.75. The zero-order valence-corrected chi connectivity index (χ0v) is 10.1. The summed E-state index contributed by atoms with van der Waals surface area (Å²) in [6.07, 6.45) is 0.698. The summed E-state index contributed by atoms with van der Waals surface area (Å²) in [7, 11) is 0. The minimum atomic E-state index is -0.679. The van der Waals surface area contributed by atoms with E-state index in [1.165, 1.54) is 0 Å². The molecule has 2 unspecified atom stereocenters. The zero-order valence-electron chi connectivity index (χ0n) is 9.25. The second-order valence-corrected chi connectivity index (χ2v) is 5.75. The molecular formula is C10H20N2OS. The predicted molar refractivity (Wildman–Crippen MR) is 61.4 cm³/mol. The van der Waals surface area contributed by atoms with Crippen LogP contribution in [0.25, 0.3) is 0 Å². The average Bonchev–Trinajstić information content (AvgIpc) is 2.16. The van der Waals surface area contributed by atoms with E-state index in [1.807, 2.05) is 30.5 Å². The van der Waals surface area contributed by atoms with Gasteiger partial charge in [-0.1, -0.05) is 13.8 Å². The number of nitrogens with zero attached hydrogens (tertiary/aromatic N) is 1. The molecule has 0 aromatic carbocycles. The average molecular weight is 216 g/mol. The van der Waals surface area contributed by atoms with Gasteiger partial charge >= 0.3 is 0 Å². The van der Waals surface area contributed by atoms with Crippen LogP contribution in [0.5, 0.6) is 0 Å². The third-order valence-corrected chi connectivity index (χ3v) is 3.89. The largest absolute Gasteiger partial charge is 0.339 e. The van der Waals surface area contributed by atoms with Crippen molar-refractivity contribution in [3.05, 3.63) is 0 Å². The van der Waals surface area contributed by atoms with Gasteiger partial charge in [-0.25, -0.2) is 0 Å². The summed E-state index contributed by atoms with van der Waals surface area (Å²) in [4.78, 5) is 13.9. The molecule has 1 aliphatic heterocycles. The summed E-state index contributed by atoms with van der Waals surface area (Å²) < 4.78 is 0. The van der Waals surface area contributed by atoms with Crippen molar-refractivity contribution in [2.75, 3.05) is 18.8 Å². The molecule has 0 saturated carbocycles. The van der Waals surface area contributed by atoms with Gasteiger partial charge in [-0.05, 0) is 13.3 Å². The highest BCUT2D eigenvalue weighted by Gasteiger charge is 2.32. The highest BCUT2D eigenvalue weighted by molar-refractivity contribution is 7.99. The molecular weight excluding hydrogens is 196 g/mol. The molecule has 1 heterocycles. The lowest BCUT2D eigenvalue weighted by Gasteiger charge is -2.35. The van der Waals surface area contributed by atoms with Crippen molar-refractivity contribution in [1.82, 2.24) is 4.90 Å². The molecule has 3 nitrogen and oxygen atoms in total. The Morgan fingerprint density at radius 3 is 2.86 bits per heavy atom. The molecule has 0 bridgehead atoms. The van der Waals surface area contributed by atoms with E-state index >= 15 is 0 Å². The van der Waals surface area contributed by atoms with Gasteiger partial charge in [0.1, 0.15) is 0 Å². The summed E-state index contributed by atoms with van der Waals surface area (Å²) in [5.74, 6) is 1.14. The lowest BCUT2D eigenvalue weighted by Crippen LogP contribution is -2.55.